The van der Waals surface area contributed by atoms with E-state index in [4.69, 9.17) is 0 Å². The summed E-state index contributed by atoms with van der Waals surface area (Å²) in [5.74, 6) is -0.829. The molecule has 0 spiro atoms. The lowest BCUT2D eigenvalue weighted by Gasteiger charge is -2.18. The first-order valence-electron chi connectivity index (χ1n) is 7.49. The molecule has 0 unspecified atom stereocenters. The van der Waals surface area contributed by atoms with Gasteiger partial charge in [-0.05, 0) is 85.0 Å². The van der Waals surface area contributed by atoms with Crippen molar-refractivity contribution in [3.05, 3.63) is 69.3 Å². The molecule has 21 heavy (non-hydrogen) atoms. The summed E-state index contributed by atoms with van der Waals surface area (Å²) in [4.78, 5) is 11.3. The molecule has 0 aliphatic heterocycles. The van der Waals surface area contributed by atoms with Crippen LogP contribution in [0.15, 0.2) is 30.3 Å². The number of carbonyl (C=O) groups is 1. The molecule has 0 amide bonds. The highest BCUT2D eigenvalue weighted by atomic mass is 16.4. The maximum absolute atomic E-state index is 11.3. The van der Waals surface area contributed by atoms with Gasteiger partial charge in [-0.3, -0.25) is 0 Å². The molecule has 2 nitrogen and oxygen atoms in total. The maximum Gasteiger partial charge on any atom is 0.335 e. The van der Waals surface area contributed by atoms with Crippen molar-refractivity contribution in [1.82, 2.24) is 0 Å². The Morgan fingerprint density at radius 3 is 1.76 bits per heavy atom. The van der Waals surface area contributed by atoms with E-state index >= 15 is 0 Å². The smallest absolute Gasteiger partial charge is 0.335 e. The molecule has 108 valence electrons. The van der Waals surface area contributed by atoms with Crippen molar-refractivity contribution in [2.45, 2.75) is 39.5 Å². The monoisotopic (exact) mass is 280 g/mol. The van der Waals surface area contributed by atoms with Crippen LogP contribution < -0.4 is 0 Å². The molecule has 0 radical (unpaired) electrons. The van der Waals surface area contributed by atoms with Crippen LogP contribution in [0.1, 0.15) is 43.7 Å². The van der Waals surface area contributed by atoms with Crippen LogP contribution in [-0.4, -0.2) is 11.1 Å². The van der Waals surface area contributed by atoms with E-state index in [0.717, 1.165) is 25.7 Å². The number of hydrogen-bond acceptors (Lipinski definition) is 1. The molecule has 2 heteroatoms. The Hall–Kier alpha value is -2.09. The number of benzene rings is 2. The Kier molecular flexibility index (Phi) is 3.54. The zero-order chi connectivity index (χ0) is 15.0. The summed E-state index contributed by atoms with van der Waals surface area (Å²) < 4.78 is 0. The van der Waals surface area contributed by atoms with E-state index in [-0.39, 0.29) is 0 Å². The predicted molar refractivity (Wildman–Crippen MR) is 84.1 cm³/mol. The van der Waals surface area contributed by atoms with Gasteiger partial charge in [0.25, 0.3) is 0 Å². The summed E-state index contributed by atoms with van der Waals surface area (Å²) in [6.07, 6.45) is 3.76. The SMILES string of the molecule is Cc1c2cccc1CCc1cc(C(=O)O)cc(c1C)CC2. The lowest BCUT2D eigenvalue weighted by molar-refractivity contribution is 0.0696. The first kappa shape index (κ1) is 13.9. The van der Waals surface area contributed by atoms with Crippen molar-refractivity contribution in [1.29, 1.82) is 0 Å². The fraction of sp³-hybridized carbons (Fsp3) is 0.316. The molecule has 1 N–H and O–H groups in total. The minimum Gasteiger partial charge on any atom is -0.478 e. The van der Waals surface area contributed by atoms with Gasteiger partial charge in [0.15, 0.2) is 0 Å². The maximum atomic E-state index is 11.3. The van der Waals surface area contributed by atoms with Crippen LogP contribution >= 0.6 is 0 Å². The van der Waals surface area contributed by atoms with Gasteiger partial charge in [0.1, 0.15) is 0 Å². The molecule has 1 aliphatic rings. The van der Waals surface area contributed by atoms with Crippen LogP contribution in [0.2, 0.25) is 0 Å². The summed E-state index contributed by atoms with van der Waals surface area (Å²) in [6, 6.07) is 10.2. The Balaban J connectivity index is 2.10. The zero-order valence-electron chi connectivity index (χ0n) is 12.6. The molecule has 0 saturated heterocycles. The number of carboxylic acid groups (broad SMARTS) is 1. The number of rotatable bonds is 1. The molecule has 0 fully saturated rings. The van der Waals surface area contributed by atoms with Crippen molar-refractivity contribution < 1.29 is 9.90 Å². The van der Waals surface area contributed by atoms with E-state index in [1.807, 2.05) is 12.1 Å². The third-order valence-corrected chi connectivity index (χ3v) is 4.76. The third-order valence-electron chi connectivity index (χ3n) is 4.76. The van der Waals surface area contributed by atoms with Crippen LogP contribution in [0.5, 0.6) is 0 Å². The molecular weight excluding hydrogens is 260 g/mol. The minimum atomic E-state index is -0.829. The van der Waals surface area contributed by atoms with Crippen LogP contribution in [0.3, 0.4) is 0 Å². The first-order chi connectivity index (χ1) is 10.1. The number of fused-ring (bicyclic) bond motifs is 4. The van der Waals surface area contributed by atoms with E-state index in [1.165, 1.54) is 33.4 Å². The van der Waals surface area contributed by atoms with Crippen LogP contribution in [0.4, 0.5) is 0 Å². The lowest BCUT2D eigenvalue weighted by atomic mass is 9.87. The molecule has 0 atom stereocenters. The Bertz CT molecular complexity index is 666. The third kappa shape index (κ3) is 2.58. The molecule has 0 saturated carbocycles. The second kappa shape index (κ2) is 5.36. The average Bonchev–Trinajstić information content (AvgIpc) is 2.46. The highest BCUT2D eigenvalue weighted by Gasteiger charge is 2.15. The summed E-state index contributed by atoms with van der Waals surface area (Å²) in [6.45, 7) is 4.33. The highest BCUT2D eigenvalue weighted by molar-refractivity contribution is 5.88. The number of aryl methyl sites for hydroxylation is 4. The average molecular weight is 280 g/mol. The van der Waals surface area contributed by atoms with Gasteiger partial charge in [0.05, 0.1) is 5.56 Å². The number of hydrogen-bond donors (Lipinski definition) is 1. The molecule has 2 aromatic rings. The van der Waals surface area contributed by atoms with Crippen molar-refractivity contribution in [3.63, 3.8) is 0 Å². The van der Waals surface area contributed by atoms with E-state index in [2.05, 4.69) is 32.0 Å². The summed E-state index contributed by atoms with van der Waals surface area (Å²) in [7, 11) is 0. The quantitative estimate of drug-likeness (QED) is 0.860. The number of carboxylic acids is 1. The first-order valence-corrected chi connectivity index (χ1v) is 7.49. The number of aromatic carboxylic acids is 1. The van der Waals surface area contributed by atoms with Crippen molar-refractivity contribution in [3.8, 4) is 0 Å². The molecule has 2 aromatic carbocycles. The van der Waals surface area contributed by atoms with Gasteiger partial charge in [-0.1, -0.05) is 18.2 Å². The minimum absolute atomic E-state index is 0.423. The summed E-state index contributed by atoms with van der Waals surface area (Å²) >= 11 is 0. The molecular formula is C19H20O2. The molecule has 0 heterocycles. The molecule has 3 rings (SSSR count). The molecule has 4 bridgehead atoms. The second-order valence-electron chi connectivity index (χ2n) is 5.93. The fourth-order valence-corrected chi connectivity index (χ4v) is 3.30. The Morgan fingerprint density at radius 2 is 1.29 bits per heavy atom. The standard InChI is InChI=1S/C19H20O2/c1-12-14-4-3-5-15(12)7-9-17-11-18(19(20)21)10-16(8-6-14)13(17)2/h3-5,10-11H,6-9H2,1-2H3,(H,20,21). The topological polar surface area (TPSA) is 37.3 Å². The summed E-state index contributed by atoms with van der Waals surface area (Å²) in [5.41, 5.74) is 8.22. The van der Waals surface area contributed by atoms with Gasteiger partial charge in [0.2, 0.25) is 0 Å². The lowest BCUT2D eigenvalue weighted by Crippen LogP contribution is -2.08. The summed E-state index contributed by atoms with van der Waals surface area (Å²) in [5, 5.41) is 9.30. The normalized spacial score (nSPS) is 13.8. The van der Waals surface area contributed by atoms with E-state index in [9.17, 15) is 9.90 Å². The van der Waals surface area contributed by atoms with Gasteiger partial charge in [-0.25, -0.2) is 4.79 Å². The van der Waals surface area contributed by atoms with Gasteiger partial charge >= 0.3 is 5.97 Å². The molecule has 0 aromatic heterocycles. The van der Waals surface area contributed by atoms with Crippen LogP contribution in [0, 0.1) is 13.8 Å². The fourth-order valence-electron chi connectivity index (χ4n) is 3.30. The van der Waals surface area contributed by atoms with Gasteiger partial charge < -0.3 is 5.11 Å². The van der Waals surface area contributed by atoms with Gasteiger partial charge in [-0.15, -0.1) is 0 Å². The molecule has 1 aliphatic carbocycles. The van der Waals surface area contributed by atoms with Gasteiger partial charge in [-0.2, -0.15) is 0 Å². The van der Waals surface area contributed by atoms with Crippen LogP contribution in [0.25, 0.3) is 0 Å². The second-order valence-corrected chi connectivity index (χ2v) is 5.93. The largest absolute Gasteiger partial charge is 0.478 e. The van der Waals surface area contributed by atoms with E-state index in [0.29, 0.717) is 5.56 Å². The Morgan fingerprint density at radius 1 is 0.857 bits per heavy atom. The Labute approximate surface area is 125 Å². The van der Waals surface area contributed by atoms with Crippen molar-refractivity contribution in [2.24, 2.45) is 0 Å². The highest BCUT2D eigenvalue weighted by Crippen LogP contribution is 2.25. The van der Waals surface area contributed by atoms with Crippen molar-refractivity contribution in [2.75, 3.05) is 0 Å². The predicted octanol–water partition coefficient (Wildman–Crippen LogP) is 3.89. The van der Waals surface area contributed by atoms with Crippen molar-refractivity contribution >= 4 is 5.97 Å². The van der Waals surface area contributed by atoms with E-state index in [1.54, 1.807) is 0 Å². The van der Waals surface area contributed by atoms with E-state index < -0.39 is 5.97 Å². The van der Waals surface area contributed by atoms with Crippen LogP contribution in [-0.2, 0) is 25.7 Å². The zero-order valence-corrected chi connectivity index (χ0v) is 12.6. The van der Waals surface area contributed by atoms with Gasteiger partial charge in [0, 0.05) is 0 Å².